The molecule has 0 aromatic carbocycles. The normalized spacial score (nSPS) is 15.7. The van der Waals surface area contributed by atoms with E-state index in [1.54, 1.807) is 12.1 Å². The fourth-order valence-corrected chi connectivity index (χ4v) is 2.64. The Bertz CT molecular complexity index is 422. The summed E-state index contributed by atoms with van der Waals surface area (Å²) in [6.07, 6.45) is 2.86. The van der Waals surface area contributed by atoms with E-state index in [0.717, 1.165) is 6.42 Å². The van der Waals surface area contributed by atoms with Gasteiger partial charge in [-0.15, -0.1) is 0 Å². The molecular weight excluding hydrogens is 242 g/mol. The third-order valence-electron chi connectivity index (χ3n) is 2.45. The van der Waals surface area contributed by atoms with Gasteiger partial charge in [0.2, 0.25) is 10.0 Å². The second-order valence-electron chi connectivity index (χ2n) is 4.24. The van der Waals surface area contributed by atoms with Gasteiger partial charge >= 0.3 is 0 Å². The van der Waals surface area contributed by atoms with E-state index >= 15 is 0 Å². The molecule has 0 saturated heterocycles. The highest BCUT2D eigenvalue weighted by Crippen LogP contribution is 2.20. The van der Waals surface area contributed by atoms with Gasteiger partial charge in [0, 0.05) is 6.54 Å². The van der Waals surface area contributed by atoms with Crippen LogP contribution >= 0.6 is 0 Å². The van der Waals surface area contributed by atoms with Crippen LogP contribution in [0.4, 0.5) is 0 Å². The molecule has 98 valence electrons. The monoisotopic (exact) mass is 261 g/mol. The maximum Gasteiger partial charge on any atom is 0.211 e. The van der Waals surface area contributed by atoms with Crippen molar-refractivity contribution in [2.75, 3.05) is 12.3 Å². The summed E-state index contributed by atoms with van der Waals surface area (Å²) < 4.78 is 30.6. The molecule has 2 N–H and O–H groups in total. The second kappa shape index (κ2) is 5.66. The third-order valence-corrected chi connectivity index (χ3v) is 3.87. The Morgan fingerprint density at radius 3 is 2.76 bits per heavy atom. The molecule has 0 fully saturated rings. The van der Waals surface area contributed by atoms with Crippen LogP contribution in [0.25, 0.3) is 0 Å². The Balaban J connectivity index is 2.56. The van der Waals surface area contributed by atoms with Crippen LogP contribution in [0.1, 0.15) is 32.4 Å². The number of rotatable bonds is 7. The van der Waals surface area contributed by atoms with Gasteiger partial charge in [-0.25, -0.2) is 13.1 Å². The van der Waals surface area contributed by atoms with Gasteiger partial charge in [-0.1, -0.05) is 13.3 Å². The molecule has 1 aromatic heterocycles. The molecule has 0 radical (unpaired) electrons. The van der Waals surface area contributed by atoms with E-state index in [0.29, 0.717) is 12.2 Å². The highest BCUT2D eigenvalue weighted by molar-refractivity contribution is 7.89. The van der Waals surface area contributed by atoms with Crippen LogP contribution in [-0.2, 0) is 15.6 Å². The van der Waals surface area contributed by atoms with Gasteiger partial charge in [0.05, 0.1) is 12.0 Å². The Morgan fingerprint density at radius 2 is 2.24 bits per heavy atom. The summed E-state index contributed by atoms with van der Waals surface area (Å²) in [4.78, 5) is 0. The van der Waals surface area contributed by atoms with Gasteiger partial charge in [-0.3, -0.25) is 0 Å². The first kappa shape index (κ1) is 14.2. The zero-order valence-corrected chi connectivity index (χ0v) is 11.0. The van der Waals surface area contributed by atoms with E-state index in [1.165, 1.54) is 13.2 Å². The first-order valence-corrected chi connectivity index (χ1v) is 7.26. The minimum Gasteiger partial charge on any atom is -0.466 e. The lowest BCUT2D eigenvalue weighted by atomic mass is 10.1. The van der Waals surface area contributed by atoms with Crippen molar-refractivity contribution >= 4 is 10.0 Å². The summed E-state index contributed by atoms with van der Waals surface area (Å²) in [6, 6.07) is 3.26. The number of sulfonamides is 1. The molecule has 5 nitrogen and oxygen atoms in total. The van der Waals surface area contributed by atoms with Crippen molar-refractivity contribution in [3.63, 3.8) is 0 Å². The fourth-order valence-electron chi connectivity index (χ4n) is 1.33. The maximum absolute atomic E-state index is 11.6. The van der Waals surface area contributed by atoms with E-state index in [1.807, 2.05) is 6.92 Å². The number of aliphatic hydroxyl groups is 1. The molecule has 1 rings (SSSR count). The van der Waals surface area contributed by atoms with Crippen molar-refractivity contribution in [1.29, 1.82) is 0 Å². The van der Waals surface area contributed by atoms with Crippen molar-refractivity contribution in [2.45, 2.75) is 32.3 Å². The standard InChI is InChI=1S/C11H19NO4S/c1-3-4-8-17(14,15)12-9-11(2,13)10-6-5-7-16-10/h5-7,12-13H,3-4,8-9H2,1-2H3. The molecule has 1 heterocycles. The van der Waals surface area contributed by atoms with Crippen molar-refractivity contribution in [3.05, 3.63) is 24.2 Å². The number of unbranched alkanes of at least 4 members (excludes halogenated alkanes) is 1. The number of nitrogens with one attached hydrogen (secondary N) is 1. The van der Waals surface area contributed by atoms with Crippen molar-refractivity contribution in [2.24, 2.45) is 0 Å². The summed E-state index contributed by atoms with van der Waals surface area (Å²) in [6.45, 7) is 3.34. The molecule has 0 aliphatic rings. The van der Waals surface area contributed by atoms with Gasteiger partial charge in [-0.2, -0.15) is 0 Å². The lowest BCUT2D eigenvalue weighted by Crippen LogP contribution is -2.39. The van der Waals surface area contributed by atoms with Crippen LogP contribution in [0, 0.1) is 0 Å². The Hall–Kier alpha value is -0.850. The van der Waals surface area contributed by atoms with Gasteiger partial charge < -0.3 is 9.52 Å². The van der Waals surface area contributed by atoms with Crippen molar-refractivity contribution in [1.82, 2.24) is 4.72 Å². The maximum atomic E-state index is 11.6. The Labute approximate surface area is 102 Å². The predicted octanol–water partition coefficient (Wildman–Crippen LogP) is 1.21. The van der Waals surface area contributed by atoms with Gasteiger partial charge in [0.25, 0.3) is 0 Å². The Kier molecular flexibility index (Phi) is 4.73. The van der Waals surface area contributed by atoms with Crippen molar-refractivity contribution < 1.29 is 17.9 Å². The van der Waals surface area contributed by atoms with Crippen LogP contribution in [-0.4, -0.2) is 25.8 Å². The lowest BCUT2D eigenvalue weighted by Gasteiger charge is -2.21. The molecule has 0 spiro atoms. The SMILES string of the molecule is CCCCS(=O)(=O)NCC(C)(O)c1ccco1. The molecule has 0 aliphatic heterocycles. The van der Waals surface area contributed by atoms with Crippen LogP contribution in [0.15, 0.2) is 22.8 Å². The van der Waals surface area contributed by atoms with Crippen LogP contribution in [0.3, 0.4) is 0 Å². The summed E-state index contributed by atoms with van der Waals surface area (Å²) >= 11 is 0. The highest BCUT2D eigenvalue weighted by atomic mass is 32.2. The summed E-state index contributed by atoms with van der Waals surface area (Å²) in [7, 11) is -3.32. The van der Waals surface area contributed by atoms with Crippen LogP contribution < -0.4 is 4.72 Å². The molecular formula is C11H19NO4S. The van der Waals surface area contributed by atoms with Gasteiger partial charge in [-0.05, 0) is 25.5 Å². The lowest BCUT2D eigenvalue weighted by molar-refractivity contribution is 0.0395. The molecule has 17 heavy (non-hydrogen) atoms. The zero-order chi connectivity index (χ0) is 12.9. The minimum atomic E-state index is -3.32. The molecule has 0 saturated carbocycles. The fraction of sp³-hybridized carbons (Fsp3) is 0.636. The summed E-state index contributed by atoms with van der Waals surface area (Å²) in [5.74, 6) is 0.424. The number of hydrogen-bond acceptors (Lipinski definition) is 4. The smallest absolute Gasteiger partial charge is 0.211 e. The van der Waals surface area contributed by atoms with Crippen LogP contribution in [0.5, 0.6) is 0 Å². The molecule has 0 bridgehead atoms. The topological polar surface area (TPSA) is 79.5 Å². The van der Waals surface area contributed by atoms with E-state index in [2.05, 4.69) is 4.72 Å². The first-order valence-electron chi connectivity index (χ1n) is 5.61. The van der Waals surface area contributed by atoms with E-state index in [9.17, 15) is 13.5 Å². The summed E-state index contributed by atoms with van der Waals surface area (Å²) in [5.41, 5.74) is -1.33. The largest absolute Gasteiger partial charge is 0.466 e. The van der Waals surface area contributed by atoms with E-state index < -0.39 is 15.6 Å². The molecule has 1 unspecified atom stereocenters. The molecule has 0 aliphatic carbocycles. The molecule has 1 aromatic rings. The molecule has 6 heteroatoms. The number of hydrogen-bond donors (Lipinski definition) is 2. The average molecular weight is 261 g/mol. The third kappa shape index (κ3) is 4.49. The highest BCUT2D eigenvalue weighted by Gasteiger charge is 2.27. The Morgan fingerprint density at radius 1 is 1.53 bits per heavy atom. The van der Waals surface area contributed by atoms with E-state index in [-0.39, 0.29) is 12.3 Å². The van der Waals surface area contributed by atoms with Crippen molar-refractivity contribution in [3.8, 4) is 0 Å². The summed E-state index contributed by atoms with van der Waals surface area (Å²) in [5, 5.41) is 10.0. The molecule has 0 amide bonds. The second-order valence-corrected chi connectivity index (χ2v) is 6.17. The zero-order valence-electron chi connectivity index (χ0n) is 10.1. The van der Waals surface area contributed by atoms with Gasteiger partial charge in [0.15, 0.2) is 0 Å². The van der Waals surface area contributed by atoms with Crippen LogP contribution in [0.2, 0.25) is 0 Å². The minimum absolute atomic E-state index is 0.0811. The predicted molar refractivity (Wildman–Crippen MR) is 65.0 cm³/mol. The quantitative estimate of drug-likeness (QED) is 0.773. The number of furan rings is 1. The first-order chi connectivity index (χ1) is 7.87. The average Bonchev–Trinajstić information content (AvgIpc) is 2.78. The molecule has 1 atom stereocenters. The van der Waals surface area contributed by atoms with Gasteiger partial charge in [0.1, 0.15) is 11.4 Å². The van der Waals surface area contributed by atoms with E-state index in [4.69, 9.17) is 4.42 Å².